The van der Waals surface area contributed by atoms with Crippen molar-refractivity contribution in [2.24, 2.45) is 5.92 Å². The largest absolute Gasteiger partial charge is 0.392 e. The lowest BCUT2D eigenvalue weighted by molar-refractivity contribution is 0.0947. The predicted molar refractivity (Wildman–Crippen MR) is 68.9 cm³/mol. The number of hydrogen-bond acceptors (Lipinski definition) is 4. The van der Waals surface area contributed by atoms with Gasteiger partial charge in [-0.2, -0.15) is 0 Å². The monoisotopic (exact) mass is 249 g/mol. The highest BCUT2D eigenvalue weighted by atomic mass is 16.3. The van der Waals surface area contributed by atoms with Gasteiger partial charge < -0.3 is 16.2 Å². The molecule has 1 aliphatic rings. The summed E-state index contributed by atoms with van der Waals surface area (Å²) in [6.45, 7) is 0.514. The van der Waals surface area contributed by atoms with Gasteiger partial charge in [0.1, 0.15) is 5.82 Å². The first-order valence-electron chi connectivity index (χ1n) is 6.34. The van der Waals surface area contributed by atoms with Gasteiger partial charge in [-0.05, 0) is 24.8 Å². The van der Waals surface area contributed by atoms with Gasteiger partial charge in [0.05, 0.1) is 12.2 Å². The van der Waals surface area contributed by atoms with E-state index in [2.05, 4.69) is 10.3 Å². The zero-order valence-corrected chi connectivity index (χ0v) is 10.4. The molecule has 5 nitrogen and oxygen atoms in total. The van der Waals surface area contributed by atoms with Crippen LogP contribution in [0.25, 0.3) is 0 Å². The maximum Gasteiger partial charge on any atom is 0.252 e. The summed E-state index contributed by atoms with van der Waals surface area (Å²) in [5.74, 6) is 0.724. The summed E-state index contributed by atoms with van der Waals surface area (Å²) in [7, 11) is 0. The third-order valence-electron chi connectivity index (χ3n) is 3.46. The third-order valence-corrected chi connectivity index (χ3v) is 3.46. The van der Waals surface area contributed by atoms with Crippen LogP contribution < -0.4 is 11.1 Å². The number of nitrogens with one attached hydrogen (secondary N) is 1. The van der Waals surface area contributed by atoms with Gasteiger partial charge in [-0.3, -0.25) is 4.79 Å². The number of carbonyl (C=O) groups is 1. The van der Waals surface area contributed by atoms with Crippen LogP contribution in [0.1, 0.15) is 41.6 Å². The predicted octanol–water partition coefficient (Wildman–Crippen LogP) is 1.08. The number of hydrogen-bond donors (Lipinski definition) is 3. The maximum atomic E-state index is 11.9. The molecule has 5 heteroatoms. The van der Waals surface area contributed by atoms with Gasteiger partial charge in [-0.15, -0.1) is 0 Å². The topological polar surface area (TPSA) is 88.2 Å². The van der Waals surface area contributed by atoms with Crippen molar-refractivity contribution in [2.75, 3.05) is 12.3 Å². The minimum Gasteiger partial charge on any atom is -0.392 e. The fraction of sp³-hybridized carbons (Fsp3) is 0.538. The SMILES string of the molecule is Nc1ncc(C(=O)NCC2CCCC2)cc1CO. The average molecular weight is 249 g/mol. The fourth-order valence-corrected chi connectivity index (χ4v) is 2.33. The van der Waals surface area contributed by atoms with E-state index in [4.69, 9.17) is 10.8 Å². The lowest BCUT2D eigenvalue weighted by atomic mass is 10.1. The van der Waals surface area contributed by atoms with Crippen LogP contribution >= 0.6 is 0 Å². The van der Waals surface area contributed by atoms with E-state index in [0.717, 1.165) is 6.54 Å². The van der Waals surface area contributed by atoms with E-state index in [1.165, 1.54) is 31.9 Å². The molecule has 98 valence electrons. The second kappa shape index (κ2) is 5.82. The van der Waals surface area contributed by atoms with Crippen molar-refractivity contribution in [2.45, 2.75) is 32.3 Å². The van der Waals surface area contributed by atoms with E-state index in [1.54, 1.807) is 6.07 Å². The molecule has 1 aromatic rings. The molecule has 1 aromatic heterocycles. The van der Waals surface area contributed by atoms with Gasteiger partial charge >= 0.3 is 0 Å². The summed E-state index contributed by atoms with van der Waals surface area (Å²) >= 11 is 0. The van der Waals surface area contributed by atoms with Crippen molar-refractivity contribution < 1.29 is 9.90 Å². The summed E-state index contributed by atoms with van der Waals surface area (Å²) in [4.78, 5) is 15.8. The summed E-state index contributed by atoms with van der Waals surface area (Å²) < 4.78 is 0. The van der Waals surface area contributed by atoms with E-state index in [9.17, 15) is 4.79 Å². The number of anilines is 1. The van der Waals surface area contributed by atoms with Gasteiger partial charge in [0, 0.05) is 18.3 Å². The number of aliphatic hydroxyl groups excluding tert-OH is 1. The van der Waals surface area contributed by atoms with Crippen LogP contribution in [-0.4, -0.2) is 22.5 Å². The standard InChI is InChI=1S/C13H19N3O2/c14-12-11(8-17)5-10(7-15-12)13(18)16-6-9-3-1-2-4-9/h5,7,9,17H,1-4,6,8H2,(H2,14,15)(H,16,18). The van der Waals surface area contributed by atoms with Crippen LogP contribution in [0.4, 0.5) is 5.82 Å². The molecule has 0 aliphatic heterocycles. The number of nitrogens with zero attached hydrogens (tertiary/aromatic N) is 1. The van der Waals surface area contributed by atoms with Crippen molar-refractivity contribution in [1.29, 1.82) is 0 Å². The number of pyridine rings is 1. The van der Waals surface area contributed by atoms with Crippen molar-refractivity contribution in [3.63, 3.8) is 0 Å². The van der Waals surface area contributed by atoms with Gasteiger partial charge in [0.25, 0.3) is 5.91 Å². The normalized spacial score (nSPS) is 15.8. The van der Waals surface area contributed by atoms with Crippen molar-refractivity contribution in [3.05, 3.63) is 23.4 Å². The Labute approximate surface area is 106 Å². The quantitative estimate of drug-likeness (QED) is 0.745. The van der Waals surface area contributed by atoms with Crippen LogP contribution in [0.3, 0.4) is 0 Å². The first-order valence-corrected chi connectivity index (χ1v) is 6.34. The van der Waals surface area contributed by atoms with Crippen molar-refractivity contribution in [1.82, 2.24) is 10.3 Å². The number of aliphatic hydroxyl groups is 1. The van der Waals surface area contributed by atoms with Crippen LogP contribution in [0.15, 0.2) is 12.3 Å². The number of carbonyl (C=O) groups excluding carboxylic acids is 1. The van der Waals surface area contributed by atoms with E-state index < -0.39 is 0 Å². The Morgan fingerprint density at radius 2 is 2.22 bits per heavy atom. The Hall–Kier alpha value is -1.62. The Bertz CT molecular complexity index is 428. The first kappa shape index (κ1) is 12.8. The zero-order valence-electron chi connectivity index (χ0n) is 10.4. The van der Waals surface area contributed by atoms with Gasteiger partial charge in [-0.25, -0.2) is 4.98 Å². The lowest BCUT2D eigenvalue weighted by Crippen LogP contribution is -2.28. The molecule has 1 fully saturated rings. The molecule has 1 saturated carbocycles. The number of nitrogen functional groups attached to an aromatic ring is 1. The van der Waals surface area contributed by atoms with Crippen LogP contribution in [0.2, 0.25) is 0 Å². The molecule has 18 heavy (non-hydrogen) atoms. The van der Waals surface area contributed by atoms with Crippen molar-refractivity contribution >= 4 is 11.7 Å². The van der Waals surface area contributed by atoms with E-state index in [1.807, 2.05) is 0 Å². The molecule has 1 heterocycles. The molecule has 0 saturated heterocycles. The number of aromatic nitrogens is 1. The van der Waals surface area contributed by atoms with Crippen LogP contribution in [0.5, 0.6) is 0 Å². The van der Waals surface area contributed by atoms with Crippen LogP contribution in [-0.2, 0) is 6.61 Å². The van der Waals surface area contributed by atoms with E-state index in [-0.39, 0.29) is 18.3 Å². The Morgan fingerprint density at radius 3 is 2.89 bits per heavy atom. The molecule has 0 radical (unpaired) electrons. The second-order valence-corrected chi connectivity index (χ2v) is 4.79. The van der Waals surface area contributed by atoms with Crippen molar-refractivity contribution in [3.8, 4) is 0 Å². The van der Waals surface area contributed by atoms with Gasteiger partial charge in [0.15, 0.2) is 0 Å². The smallest absolute Gasteiger partial charge is 0.252 e. The maximum absolute atomic E-state index is 11.9. The van der Waals surface area contributed by atoms with Gasteiger partial charge in [-0.1, -0.05) is 12.8 Å². The highest BCUT2D eigenvalue weighted by Crippen LogP contribution is 2.23. The molecular weight excluding hydrogens is 230 g/mol. The number of amides is 1. The molecule has 1 aliphatic carbocycles. The molecular formula is C13H19N3O2. The molecule has 0 unspecified atom stereocenters. The minimum atomic E-state index is -0.206. The zero-order chi connectivity index (χ0) is 13.0. The average Bonchev–Trinajstić information content (AvgIpc) is 2.89. The highest BCUT2D eigenvalue weighted by molar-refractivity contribution is 5.94. The molecule has 0 atom stereocenters. The summed E-state index contributed by atoms with van der Waals surface area (Å²) in [5.41, 5.74) is 6.51. The fourth-order valence-electron chi connectivity index (χ4n) is 2.33. The number of nitrogens with two attached hydrogens (primary N) is 1. The molecule has 0 bridgehead atoms. The van der Waals surface area contributed by atoms with Gasteiger partial charge in [0.2, 0.25) is 0 Å². The second-order valence-electron chi connectivity index (χ2n) is 4.79. The first-order chi connectivity index (χ1) is 8.70. The summed E-state index contributed by atoms with van der Waals surface area (Å²) in [6.07, 6.45) is 6.36. The molecule has 0 spiro atoms. The molecule has 4 N–H and O–H groups in total. The minimum absolute atomic E-state index is 0.149. The van der Waals surface area contributed by atoms with E-state index >= 15 is 0 Å². The van der Waals surface area contributed by atoms with Crippen LogP contribution in [0, 0.1) is 5.92 Å². The summed E-state index contributed by atoms with van der Waals surface area (Å²) in [5, 5.41) is 12.0. The summed E-state index contributed by atoms with van der Waals surface area (Å²) in [6, 6.07) is 1.59. The Morgan fingerprint density at radius 1 is 1.50 bits per heavy atom. The number of rotatable bonds is 4. The third kappa shape index (κ3) is 2.98. The lowest BCUT2D eigenvalue weighted by Gasteiger charge is -2.11. The highest BCUT2D eigenvalue weighted by Gasteiger charge is 2.16. The molecule has 0 aromatic carbocycles. The Kier molecular flexibility index (Phi) is 4.15. The van der Waals surface area contributed by atoms with E-state index in [0.29, 0.717) is 17.0 Å². The molecule has 2 rings (SSSR count). The molecule has 1 amide bonds. The Balaban J connectivity index is 1.95.